The third-order valence-electron chi connectivity index (χ3n) is 3.43. The Morgan fingerprint density at radius 1 is 0.950 bits per heavy atom. The van der Waals surface area contributed by atoms with Gasteiger partial charge in [-0.05, 0) is 37.5 Å². The number of aliphatic hydroxyl groups excluding tert-OH is 1. The second kappa shape index (κ2) is 10.4. The van der Waals surface area contributed by atoms with E-state index >= 15 is 0 Å². The van der Waals surface area contributed by atoms with Crippen LogP contribution in [0.15, 0.2) is 11.1 Å². The van der Waals surface area contributed by atoms with Crippen LogP contribution in [0.2, 0.25) is 0 Å². The number of carbonyl (C=O) groups is 2. The first-order chi connectivity index (χ1) is 8.34. The minimum atomic E-state index is -1.16. The number of aliphatic hydroxyl groups is 1. The Morgan fingerprint density at radius 2 is 1.40 bits per heavy atom. The van der Waals surface area contributed by atoms with Gasteiger partial charge in [0.05, 0.1) is 17.3 Å². The van der Waals surface area contributed by atoms with Crippen LogP contribution in [0, 0.1) is 11.8 Å². The van der Waals surface area contributed by atoms with Crippen molar-refractivity contribution < 1.29 is 24.9 Å². The van der Waals surface area contributed by atoms with Gasteiger partial charge < -0.3 is 15.3 Å². The van der Waals surface area contributed by atoms with Gasteiger partial charge in [-0.1, -0.05) is 13.8 Å². The Labute approximate surface area is 163 Å². The van der Waals surface area contributed by atoms with Crippen LogP contribution < -0.4 is 0 Å². The van der Waals surface area contributed by atoms with Gasteiger partial charge in [-0.25, -0.2) is 9.59 Å². The zero-order chi connectivity index (χ0) is 13.9. The van der Waals surface area contributed by atoms with Gasteiger partial charge in [0.25, 0.3) is 0 Å². The second-order valence-corrected chi connectivity index (χ2v) is 5.10. The van der Waals surface area contributed by atoms with Gasteiger partial charge in [0.2, 0.25) is 0 Å². The van der Waals surface area contributed by atoms with E-state index in [1.165, 1.54) is 0 Å². The predicted molar refractivity (Wildman–Crippen MR) is 79.4 cm³/mol. The standard InChI is InChI=1S/C13H20O5.2Na.2H/c1-7(2)10(12(15)16)11(13(17)18)8-3-5-9(14)6-4-8;;;;/h7-9,14H,3-6H2,1-2H3,(H,15,16)(H,17,18);;;;/b11-10-;;;;. The molecule has 0 atom stereocenters. The fourth-order valence-corrected chi connectivity index (χ4v) is 2.55. The van der Waals surface area contributed by atoms with Crippen molar-refractivity contribution in [3.05, 3.63) is 11.1 Å². The number of aliphatic carboxylic acids is 2. The van der Waals surface area contributed by atoms with E-state index in [1.54, 1.807) is 13.8 Å². The van der Waals surface area contributed by atoms with E-state index in [0.29, 0.717) is 25.7 Å². The number of carboxylic acid groups (broad SMARTS) is 2. The Morgan fingerprint density at radius 3 is 1.70 bits per heavy atom. The molecule has 20 heavy (non-hydrogen) atoms. The third-order valence-corrected chi connectivity index (χ3v) is 3.43. The van der Waals surface area contributed by atoms with Gasteiger partial charge >= 0.3 is 71.1 Å². The van der Waals surface area contributed by atoms with Crippen LogP contribution in [0.25, 0.3) is 0 Å². The molecule has 7 heteroatoms. The van der Waals surface area contributed by atoms with Crippen molar-refractivity contribution in [3.63, 3.8) is 0 Å². The van der Waals surface area contributed by atoms with Gasteiger partial charge in [0.15, 0.2) is 0 Å². The molecule has 0 bridgehead atoms. The molecule has 0 aromatic rings. The van der Waals surface area contributed by atoms with E-state index in [2.05, 4.69) is 0 Å². The minimum absolute atomic E-state index is 0. The summed E-state index contributed by atoms with van der Waals surface area (Å²) in [5.41, 5.74) is 0.00768. The molecular weight excluding hydrogens is 282 g/mol. The van der Waals surface area contributed by atoms with E-state index < -0.39 is 11.9 Å². The van der Waals surface area contributed by atoms with Gasteiger partial charge in [0.1, 0.15) is 0 Å². The average molecular weight is 304 g/mol. The molecule has 0 heterocycles. The first-order valence-electron chi connectivity index (χ1n) is 6.23. The second-order valence-electron chi connectivity index (χ2n) is 5.10. The molecule has 0 saturated heterocycles. The molecule has 1 aliphatic rings. The Bertz CT molecular complexity index is 371. The van der Waals surface area contributed by atoms with E-state index in [0.717, 1.165) is 0 Å². The van der Waals surface area contributed by atoms with Crippen molar-refractivity contribution >= 4 is 71.1 Å². The topological polar surface area (TPSA) is 94.8 Å². The molecule has 1 saturated carbocycles. The zero-order valence-electron chi connectivity index (χ0n) is 10.7. The van der Waals surface area contributed by atoms with Crippen molar-refractivity contribution in [3.8, 4) is 0 Å². The quantitative estimate of drug-likeness (QED) is 0.515. The fourth-order valence-electron chi connectivity index (χ4n) is 2.55. The summed E-state index contributed by atoms with van der Waals surface area (Å²) in [4.78, 5) is 22.6. The monoisotopic (exact) mass is 304 g/mol. The van der Waals surface area contributed by atoms with Crippen LogP contribution in [0.4, 0.5) is 0 Å². The summed E-state index contributed by atoms with van der Waals surface area (Å²) >= 11 is 0. The summed E-state index contributed by atoms with van der Waals surface area (Å²) in [6.07, 6.45) is 1.75. The normalized spacial score (nSPS) is 23.2. The van der Waals surface area contributed by atoms with Crippen molar-refractivity contribution in [2.24, 2.45) is 11.8 Å². The maximum absolute atomic E-state index is 11.3. The molecule has 1 fully saturated rings. The number of carboxylic acids is 2. The van der Waals surface area contributed by atoms with E-state index in [9.17, 15) is 24.9 Å². The summed E-state index contributed by atoms with van der Waals surface area (Å²) in [5, 5.41) is 27.9. The number of hydrogen-bond donors (Lipinski definition) is 3. The van der Waals surface area contributed by atoms with Gasteiger partial charge in [0, 0.05) is 0 Å². The molecule has 0 radical (unpaired) electrons. The van der Waals surface area contributed by atoms with Gasteiger partial charge in [-0.15, -0.1) is 0 Å². The van der Waals surface area contributed by atoms with Gasteiger partial charge in [-0.2, -0.15) is 0 Å². The predicted octanol–water partition coefficient (Wildman–Crippen LogP) is 0.362. The van der Waals surface area contributed by atoms with Crippen molar-refractivity contribution in [1.29, 1.82) is 0 Å². The summed E-state index contributed by atoms with van der Waals surface area (Å²) in [5.74, 6) is -2.91. The molecule has 0 aromatic carbocycles. The molecule has 0 aromatic heterocycles. The molecule has 0 spiro atoms. The molecule has 1 rings (SSSR count). The first-order valence-corrected chi connectivity index (χ1v) is 6.23. The Balaban J connectivity index is 0. The molecule has 106 valence electrons. The van der Waals surface area contributed by atoms with Crippen LogP contribution >= 0.6 is 0 Å². The molecule has 0 aliphatic heterocycles. The fraction of sp³-hybridized carbons (Fsp3) is 0.692. The third kappa shape index (κ3) is 6.18. The molecule has 0 amide bonds. The van der Waals surface area contributed by atoms with Crippen molar-refractivity contribution in [1.82, 2.24) is 0 Å². The van der Waals surface area contributed by atoms with Crippen molar-refractivity contribution in [2.75, 3.05) is 0 Å². The van der Waals surface area contributed by atoms with Crippen LogP contribution in [0.3, 0.4) is 0 Å². The summed E-state index contributed by atoms with van der Waals surface area (Å²) in [6.45, 7) is 3.37. The van der Waals surface area contributed by atoms with E-state index in [-0.39, 0.29) is 88.2 Å². The average Bonchev–Trinajstić information content (AvgIpc) is 2.25. The SMILES string of the molecule is CC(C)/C(C(=O)O)=C(/C(=O)O)C1CCC(O)CC1.[NaH].[NaH]. The van der Waals surface area contributed by atoms with Crippen LogP contribution in [0.1, 0.15) is 39.5 Å². The summed E-state index contributed by atoms with van der Waals surface area (Å²) < 4.78 is 0. The first kappa shape index (κ1) is 22.9. The number of rotatable bonds is 4. The Kier molecular flexibility index (Phi) is 11.9. The van der Waals surface area contributed by atoms with Crippen LogP contribution in [0.5, 0.6) is 0 Å². The molecule has 5 nitrogen and oxygen atoms in total. The van der Waals surface area contributed by atoms with Crippen LogP contribution in [-0.4, -0.2) is 92.5 Å². The van der Waals surface area contributed by atoms with Crippen molar-refractivity contribution in [2.45, 2.75) is 45.6 Å². The number of hydrogen-bond acceptors (Lipinski definition) is 3. The molecule has 3 N–H and O–H groups in total. The summed E-state index contributed by atoms with van der Waals surface area (Å²) in [6, 6.07) is 0. The van der Waals surface area contributed by atoms with Gasteiger partial charge in [-0.3, -0.25) is 0 Å². The maximum atomic E-state index is 11.3. The molecular formula is C13H22Na2O5. The molecule has 1 aliphatic carbocycles. The zero-order valence-corrected chi connectivity index (χ0v) is 10.7. The van der Waals surface area contributed by atoms with E-state index in [4.69, 9.17) is 0 Å². The summed E-state index contributed by atoms with van der Waals surface area (Å²) in [7, 11) is 0. The van der Waals surface area contributed by atoms with E-state index in [1.807, 2.05) is 0 Å². The van der Waals surface area contributed by atoms with Crippen LogP contribution in [-0.2, 0) is 9.59 Å². The Hall–Kier alpha value is 0.640. The molecule has 0 unspecified atom stereocenters.